The Hall–Kier alpha value is -1.66. The zero-order valence-electron chi connectivity index (χ0n) is 16.1. The number of hydrogen-bond acceptors (Lipinski definition) is 3. The zero-order valence-corrected chi connectivity index (χ0v) is 16.1. The van der Waals surface area contributed by atoms with Crippen LogP contribution in [0.1, 0.15) is 48.4 Å². The van der Waals surface area contributed by atoms with Gasteiger partial charge in [-0.25, -0.2) is 0 Å². The Labute approximate surface area is 150 Å². The van der Waals surface area contributed by atoms with E-state index in [9.17, 15) is 9.59 Å². The number of carbonyl (C=O) groups excluding carboxylic acids is 2. The van der Waals surface area contributed by atoms with Crippen LogP contribution >= 0.6 is 0 Å². The number of aryl methyl sites for hydroxylation is 1. The molecule has 2 heterocycles. The maximum absolute atomic E-state index is 12.7. The van der Waals surface area contributed by atoms with Gasteiger partial charge in [0.05, 0.1) is 13.2 Å². The van der Waals surface area contributed by atoms with Crippen LogP contribution in [0.3, 0.4) is 0 Å². The molecule has 1 aliphatic rings. The average molecular weight is 350 g/mol. The summed E-state index contributed by atoms with van der Waals surface area (Å²) in [6, 6.07) is 2.08. The van der Waals surface area contributed by atoms with Gasteiger partial charge in [0.15, 0.2) is 6.54 Å². The van der Waals surface area contributed by atoms with E-state index in [1.807, 2.05) is 40.8 Å². The van der Waals surface area contributed by atoms with Crippen molar-refractivity contribution in [2.24, 2.45) is 0 Å². The highest BCUT2D eigenvalue weighted by atomic mass is 16.5. The van der Waals surface area contributed by atoms with Gasteiger partial charge in [-0.15, -0.1) is 0 Å². The van der Waals surface area contributed by atoms with Gasteiger partial charge in [0.2, 0.25) is 5.78 Å². The van der Waals surface area contributed by atoms with Crippen molar-refractivity contribution in [1.82, 2.24) is 9.88 Å². The van der Waals surface area contributed by atoms with Crippen LogP contribution in [-0.2, 0) is 16.1 Å². The first-order valence-corrected chi connectivity index (χ1v) is 9.20. The molecule has 2 N–H and O–H groups in total. The number of hydrogen-bond donors (Lipinski definition) is 2. The summed E-state index contributed by atoms with van der Waals surface area (Å²) in [6.45, 7) is 10.2. The van der Waals surface area contributed by atoms with E-state index in [2.05, 4.69) is 9.88 Å². The summed E-state index contributed by atoms with van der Waals surface area (Å²) in [5, 5.41) is 2.86. The number of likely N-dealkylation sites (N-methyl/N-ethyl adjacent to an activating group) is 1. The molecule has 2 rings (SSSR count). The van der Waals surface area contributed by atoms with Crippen molar-refractivity contribution >= 4 is 11.7 Å². The largest absolute Gasteiger partial charge is 0.376 e. The second kappa shape index (κ2) is 8.63. The number of ketones is 1. The Bertz CT molecular complexity index is 616. The zero-order chi connectivity index (χ0) is 18.6. The number of nitrogens with zero attached hydrogens (tertiary/aromatic N) is 1. The number of carbonyl (C=O) groups is 2. The van der Waals surface area contributed by atoms with Gasteiger partial charge < -0.3 is 19.5 Å². The first kappa shape index (κ1) is 19.7. The van der Waals surface area contributed by atoms with Gasteiger partial charge in [0, 0.05) is 36.1 Å². The normalized spacial score (nSPS) is 18.6. The highest BCUT2D eigenvalue weighted by molar-refractivity contribution is 5.98. The Kier molecular flexibility index (Phi) is 6.79. The molecule has 0 radical (unpaired) electrons. The van der Waals surface area contributed by atoms with Crippen molar-refractivity contribution in [2.75, 3.05) is 26.7 Å². The molecule has 1 aromatic heterocycles. The van der Waals surface area contributed by atoms with E-state index in [1.54, 1.807) is 0 Å². The van der Waals surface area contributed by atoms with Gasteiger partial charge in [-0.3, -0.25) is 9.59 Å². The molecule has 0 aromatic carbocycles. The maximum Gasteiger partial charge on any atom is 0.275 e. The molecule has 1 amide bonds. The summed E-state index contributed by atoms with van der Waals surface area (Å²) in [7, 11) is 1.88. The molecule has 1 aliphatic heterocycles. The Morgan fingerprint density at radius 2 is 2.08 bits per heavy atom. The summed E-state index contributed by atoms with van der Waals surface area (Å²) < 4.78 is 7.91. The van der Waals surface area contributed by atoms with E-state index < -0.39 is 0 Å². The van der Waals surface area contributed by atoms with Crippen molar-refractivity contribution < 1.29 is 19.2 Å². The minimum atomic E-state index is -0.0239. The first-order valence-electron chi connectivity index (χ1n) is 9.20. The molecule has 0 spiro atoms. The van der Waals surface area contributed by atoms with Crippen molar-refractivity contribution in [3.63, 3.8) is 0 Å². The van der Waals surface area contributed by atoms with Gasteiger partial charge in [0.25, 0.3) is 5.91 Å². The lowest BCUT2D eigenvalue weighted by atomic mass is 10.1. The monoisotopic (exact) mass is 350 g/mol. The Morgan fingerprint density at radius 3 is 2.68 bits per heavy atom. The van der Waals surface area contributed by atoms with E-state index in [4.69, 9.17) is 4.74 Å². The summed E-state index contributed by atoms with van der Waals surface area (Å²) >= 11 is 0. The molecule has 6 heteroatoms. The van der Waals surface area contributed by atoms with Crippen LogP contribution in [0.2, 0.25) is 0 Å². The van der Waals surface area contributed by atoms with E-state index in [1.165, 1.54) is 0 Å². The van der Waals surface area contributed by atoms with Crippen LogP contribution in [0.25, 0.3) is 0 Å². The average Bonchev–Trinajstić information content (AvgIpc) is 3.09. The van der Waals surface area contributed by atoms with Crippen LogP contribution in [0.5, 0.6) is 0 Å². The van der Waals surface area contributed by atoms with E-state index in [-0.39, 0.29) is 23.8 Å². The summed E-state index contributed by atoms with van der Waals surface area (Å²) in [4.78, 5) is 25.4. The number of aromatic nitrogens is 1. The predicted octanol–water partition coefficient (Wildman–Crippen LogP) is 0.506. The lowest BCUT2D eigenvalue weighted by molar-refractivity contribution is -0.862. The second-order valence-electron chi connectivity index (χ2n) is 7.49. The van der Waals surface area contributed by atoms with Gasteiger partial charge in [-0.05, 0) is 46.6 Å². The smallest absolute Gasteiger partial charge is 0.275 e. The maximum atomic E-state index is 12.7. The third kappa shape index (κ3) is 5.41. The van der Waals surface area contributed by atoms with Crippen LogP contribution in [0.4, 0.5) is 0 Å². The van der Waals surface area contributed by atoms with Crippen LogP contribution in [-0.4, -0.2) is 55.1 Å². The van der Waals surface area contributed by atoms with Gasteiger partial charge in [-0.2, -0.15) is 0 Å². The molecule has 1 fully saturated rings. The molecule has 25 heavy (non-hydrogen) atoms. The third-order valence-corrected chi connectivity index (χ3v) is 4.66. The fraction of sp³-hybridized carbons (Fsp3) is 0.684. The molecule has 0 bridgehead atoms. The molecule has 1 aromatic rings. The van der Waals surface area contributed by atoms with Gasteiger partial charge in [0.1, 0.15) is 6.54 Å². The molecule has 6 nitrogen and oxygen atoms in total. The van der Waals surface area contributed by atoms with Crippen LogP contribution in [0.15, 0.2) is 6.07 Å². The summed E-state index contributed by atoms with van der Waals surface area (Å²) in [5.74, 6) is 0.0608. The first-order chi connectivity index (χ1) is 11.8. The number of ether oxygens (including phenoxy) is 1. The SMILES string of the molecule is Cc1cc(C(=O)C[NH+](C)CC(=O)NC(C)C)c(C)n1C[C@@H]1CCCO1. The van der Waals surface area contributed by atoms with Crippen molar-refractivity contribution in [3.8, 4) is 0 Å². The minimum absolute atomic E-state index is 0.0239. The van der Waals surface area contributed by atoms with Crippen molar-refractivity contribution in [2.45, 2.75) is 59.2 Å². The van der Waals surface area contributed by atoms with Crippen molar-refractivity contribution in [3.05, 3.63) is 23.0 Å². The molecular formula is C19H32N3O3+. The molecular weight excluding hydrogens is 318 g/mol. The number of rotatable bonds is 8. The van der Waals surface area contributed by atoms with Crippen LogP contribution in [0, 0.1) is 13.8 Å². The molecule has 2 atom stereocenters. The number of Topliss-reactive ketones (excluding diaryl/α,β-unsaturated/α-hetero) is 1. The lowest BCUT2D eigenvalue weighted by Crippen LogP contribution is -3.11. The van der Waals surface area contributed by atoms with Gasteiger partial charge >= 0.3 is 0 Å². The lowest BCUT2D eigenvalue weighted by Gasteiger charge is -2.16. The topological polar surface area (TPSA) is 64.8 Å². The predicted molar refractivity (Wildman–Crippen MR) is 97.1 cm³/mol. The van der Waals surface area contributed by atoms with Crippen molar-refractivity contribution in [1.29, 1.82) is 0 Å². The molecule has 1 unspecified atom stereocenters. The fourth-order valence-electron chi connectivity index (χ4n) is 3.44. The quantitative estimate of drug-likeness (QED) is 0.672. The van der Waals surface area contributed by atoms with Gasteiger partial charge in [-0.1, -0.05) is 0 Å². The molecule has 0 aliphatic carbocycles. The van der Waals surface area contributed by atoms with E-state index in [0.29, 0.717) is 13.1 Å². The highest BCUT2D eigenvalue weighted by Crippen LogP contribution is 2.20. The molecule has 0 saturated carbocycles. The third-order valence-electron chi connectivity index (χ3n) is 4.66. The number of nitrogens with one attached hydrogen (secondary N) is 2. The standard InChI is InChI=1S/C19H31N3O3/c1-13(2)20-19(24)12-21(5)11-18(23)17-9-14(3)22(15(17)4)10-16-7-6-8-25-16/h9,13,16H,6-8,10-12H2,1-5H3,(H,20,24)/p+1/t16-/m0/s1. The molecule has 1 saturated heterocycles. The number of quaternary nitrogens is 1. The highest BCUT2D eigenvalue weighted by Gasteiger charge is 2.23. The summed E-state index contributed by atoms with van der Waals surface area (Å²) in [6.07, 6.45) is 2.45. The van der Waals surface area contributed by atoms with Crippen LogP contribution < -0.4 is 10.2 Å². The Balaban J connectivity index is 1.98. The van der Waals surface area contributed by atoms with E-state index in [0.717, 1.165) is 47.8 Å². The second-order valence-corrected chi connectivity index (χ2v) is 7.49. The summed E-state index contributed by atoms with van der Waals surface area (Å²) in [5.41, 5.74) is 2.85. The van der Waals surface area contributed by atoms with E-state index >= 15 is 0 Å². The fourth-order valence-corrected chi connectivity index (χ4v) is 3.44. The Morgan fingerprint density at radius 1 is 1.36 bits per heavy atom. The molecule has 140 valence electrons. The number of amides is 1. The minimum Gasteiger partial charge on any atom is -0.376 e.